The van der Waals surface area contributed by atoms with Crippen molar-refractivity contribution in [1.29, 1.82) is 0 Å². The van der Waals surface area contributed by atoms with Crippen LogP contribution in [-0.4, -0.2) is 22.6 Å². The molecule has 0 radical (unpaired) electrons. The molecule has 2 aromatic rings. The van der Waals surface area contributed by atoms with E-state index in [1.165, 1.54) is 5.56 Å². The SMILES string of the molecule is CCOc1cc(C)nc(NC(C)CCc2ccccc2)n1. The van der Waals surface area contributed by atoms with E-state index >= 15 is 0 Å². The Hall–Kier alpha value is -2.10. The predicted molar refractivity (Wildman–Crippen MR) is 85.8 cm³/mol. The molecule has 0 aliphatic heterocycles. The summed E-state index contributed by atoms with van der Waals surface area (Å²) in [5.74, 6) is 1.27. The van der Waals surface area contributed by atoms with Gasteiger partial charge in [-0.15, -0.1) is 0 Å². The van der Waals surface area contributed by atoms with Crippen LogP contribution in [0.4, 0.5) is 5.95 Å². The van der Waals surface area contributed by atoms with Gasteiger partial charge < -0.3 is 10.1 Å². The zero-order valence-electron chi connectivity index (χ0n) is 13.0. The number of hydrogen-bond donors (Lipinski definition) is 1. The second-order valence-electron chi connectivity index (χ2n) is 5.17. The summed E-state index contributed by atoms with van der Waals surface area (Å²) in [4.78, 5) is 8.78. The van der Waals surface area contributed by atoms with Gasteiger partial charge >= 0.3 is 0 Å². The van der Waals surface area contributed by atoms with Crippen LogP contribution in [-0.2, 0) is 6.42 Å². The first-order chi connectivity index (χ1) is 10.2. The first-order valence-electron chi connectivity index (χ1n) is 7.46. The van der Waals surface area contributed by atoms with Crippen molar-refractivity contribution in [2.24, 2.45) is 0 Å². The Labute approximate surface area is 126 Å². The van der Waals surface area contributed by atoms with E-state index in [0.29, 0.717) is 24.5 Å². The molecular formula is C17H23N3O. The molecule has 4 heteroatoms. The normalized spacial score (nSPS) is 12.0. The minimum Gasteiger partial charge on any atom is -0.478 e. The molecule has 2 rings (SSSR count). The lowest BCUT2D eigenvalue weighted by atomic mass is 10.1. The number of aryl methyl sites for hydroxylation is 2. The van der Waals surface area contributed by atoms with Crippen molar-refractivity contribution >= 4 is 5.95 Å². The predicted octanol–water partition coefficient (Wildman–Crippen LogP) is 3.62. The smallest absolute Gasteiger partial charge is 0.226 e. The highest BCUT2D eigenvalue weighted by Gasteiger charge is 2.07. The molecule has 4 nitrogen and oxygen atoms in total. The van der Waals surface area contributed by atoms with Gasteiger partial charge in [-0.1, -0.05) is 30.3 Å². The summed E-state index contributed by atoms with van der Waals surface area (Å²) in [7, 11) is 0. The summed E-state index contributed by atoms with van der Waals surface area (Å²) in [6.07, 6.45) is 2.07. The van der Waals surface area contributed by atoms with E-state index in [-0.39, 0.29) is 0 Å². The lowest BCUT2D eigenvalue weighted by molar-refractivity contribution is 0.326. The monoisotopic (exact) mass is 285 g/mol. The third-order valence-electron chi connectivity index (χ3n) is 3.21. The van der Waals surface area contributed by atoms with E-state index < -0.39 is 0 Å². The summed E-state index contributed by atoms with van der Waals surface area (Å²) >= 11 is 0. The minimum atomic E-state index is 0.307. The molecule has 0 bridgehead atoms. The molecule has 112 valence electrons. The molecule has 1 aromatic heterocycles. The molecular weight excluding hydrogens is 262 g/mol. The molecule has 1 unspecified atom stereocenters. The maximum absolute atomic E-state index is 5.45. The first-order valence-corrected chi connectivity index (χ1v) is 7.46. The third kappa shape index (κ3) is 5.06. The lowest BCUT2D eigenvalue weighted by Gasteiger charge is -2.15. The number of benzene rings is 1. The Bertz CT molecular complexity index is 557. The van der Waals surface area contributed by atoms with Gasteiger partial charge in [-0.05, 0) is 39.2 Å². The summed E-state index contributed by atoms with van der Waals surface area (Å²) < 4.78 is 5.45. The molecule has 21 heavy (non-hydrogen) atoms. The van der Waals surface area contributed by atoms with E-state index in [1.807, 2.05) is 26.0 Å². The van der Waals surface area contributed by atoms with Gasteiger partial charge in [0.15, 0.2) is 0 Å². The maximum atomic E-state index is 5.45. The Balaban J connectivity index is 1.91. The molecule has 1 aromatic carbocycles. The molecule has 1 N–H and O–H groups in total. The van der Waals surface area contributed by atoms with Crippen LogP contribution >= 0.6 is 0 Å². The van der Waals surface area contributed by atoms with Crippen LogP contribution < -0.4 is 10.1 Å². The number of aromatic nitrogens is 2. The van der Waals surface area contributed by atoms with Crippen molar-refractivity contribution in [3.63, 3.8) is 0 Å². The molecule has 0 saturated heterocycles. The van der Waals surface area contributed by atoms with Crippen LogP contribution in [0.25, 0.3) is 0 Å². The van der Waals surface area contributed by atoms with Gasteiger partial charge in [-0.3, -0.25) is 0 Å². The average Bonchev–Trinajstić information content (AvgIpc) is 2.46. The Morgan fingerprint density at radius 1 is 1.19 bits per heavy atom. The maximum Gasteiger partial charge on any atom is 0.226 e. The van der Waals surface area contributed by atoms with Crippen molar-refractivity contribution < 1.29 is 4.74 Å². The summed E-state index contributed by atoms with van der Waals surface area (Å²) in [5.41, 5.74) is 2.26. The Morgan fingerprint density at radius 3 is 2.67 bits per heavy atom. The van der Waals surface area contributed by atoms with Crippen LogP contribution in [0, 0.1) is 6.92 Å². The zero-order chi connectivity index (χ0) is 15.1. The molecule has 0 spiro atoms. The fraction of sp³-hybridized carbons (Fsp3) is 0.412. The van der Waals surface area contributed by atoms with Gasteiger partial charge in [0, 0.05) is 17.8 Å². The van der Waals surface area contributed by atoms with E-state index in [9.17, 15) is 0 Å². The Morgan fingerprint density at radius 2 is 1.95 bits per heavy atom. The highest BCUT2D eigenvalue weighted by molar-refractivity contribution is 5.31. The van der Waals surface area contributed by atoms with Crippen LogP contribution in [0.15, 0.2) is 36.4 Å². The first kappa shape index (κ1) is 15.3. The van der Waals surface area contributed by atoms with Gasteiger partial charge in [0.1, 0.15) is 0 Å². The van der Waals surface area contributed by atoms with Gasteiger partial charge in [0.05, 0.1) is 6.61 Å². The van der Waals surface area contributed by atoms with E-state index in [2.05, 4.69) is 46.5 Å². The topological polar surface area (TPSA) is 47.0 Å². The number of ether oxygens (including phenoxy) is 1. The molecule has 1 heterocycles. The van der Waals surface area contributed by atoms with Crippen molar-refractivity contribution in [2.45, 2.75) is 39.7 Å². The summed E-state index contributed by atoms with van der Waals surface area (Å²) in [6, 6.07) is 12.7. The molecule has 0 aliphatic carbocycles. The van der Waals surface area contributed by atoms with Gasteiger partial charge in [-0.25, -0.2) is 4.98 Å². The fourth-order valence-corrected chi connectivity index (χ4v) is 2.15. The quantitative estimate of drug-likeness (QED) is 0.844. The van der Waals surface area contributed by atoms with Crippen LogP contribution in [0.2, 0.25) is 0 Å². The van der Waals surface area contributed by atoms with Crippen molar-refractivity contribution in [3.05, 3.63) is 47.7 Å². The minimum absolute atomic E-state index is 0.307. The van der Waals surface area contributed by atoms with E-state index in [4.69, 9.17) is 4.74 Å². The number of hydrogen-bond acceptors (Lipinski definition) is 4. The number of nitrogens with zero attached hydrogens (tertiary/aromatic N) is 2. The highest BCUT2D eigenvalue weighted by Crippen LogP contribution is 2.14. The largest absolute Gasteiger partial charge is 0.478 e. The van der Waals surface area contributed by atoms with Crippen LogP contribution in [0.5, 0.6) is 5.88 Å². The molecule has 0 amide bonds. The van der Waals surface area contributed by atoms with Crippen molar-refractivity contribution in [1.82, 2.24) is 9.97 Å². The lowest BCUT2D eigenvalue weighted by Crippen LogP contribution is -2.18. The molecule has 0 fully saturated rings. The second-order valence-corrected chi connectivity index (χ2v) is 5.17. The second kappa shape index (κ2) is 7.62. The fourth-order valence-electron chi connectivity index (χ4n) is 2.15. The highest BCUT2D eigenvalue weighted by atomic mass is 16.5. The van der Waals surface area contributed by atoms with Gasteiger partial charge in [0.2, 0.25) is 11.8 Å². The van der Waals surface area contributed by atoms with Crippen LogP contribution in [0.1, 0.15) is 31.5 Å². The Kier molecular flexibility index (Phi) is 5.55. The summed E-state index contributed by atoms with van der Waals surface area (Å²) in [6.45, 7) is 6.66. The van der Waals surface area contributed by atoms with Gasteiger partial charge in [0.25, 0.3) is 0 Å². The third-order valence-corrected chi connectivity index (χ3v) is 3.21. The number of rotatable bonds is 7. The summed E-state index contributed by atoms with van der Waals surface area (Å²) in [5, 5.41) is 3.35. The van der Waals surface area contributed by atoms with E-state index in [1.54, 1.807) is 0 Å². The number of anilines is 1. The molecule has 0 aliphatic rings. The van der Waals surface area contributed by atoms with Crippen molar-refractivity contribution in [2.75, 3.05) is 11.9 Å². The van der Waals surface area contributed by atoms with Crippen molar-refractivity contribution in [3.8, 4) is 5.88 Å². The standard InChI is InChI=1S/C17H23N3O/c1-4-21-16-12-14(3)19-17(20-16)18-13(2)10-11-15-8-6-5-7-9-15/h5-9,12-13H,4,10-11H2,1-3H3,(H,18,19,20). The van der Waals surface area contributed by atoms with Crippen LogP contribution in [0.3, 0.4) is 0 Å². The number of nitrogens with one attached hydrogen (secondary N) is 1. The molecule has 1 atom stereocenters. The van der Waals surface area contributed by atoms with Gasteiger partial charge in [-0.2, -0.15) is 4.98 Å². The van der Waals surface area contributed by atoms with E-state index in [0.717, 1.165) is 18.5 Å². The average molecular weight is 285 g/mol. The zero-order valence-corrected chi connectivity index (χ0v) is 13.0. The molecule has 0 saturated carbocycles.